The zero-order chi connectivity index (χ0) is 11.6. The zero-order valence-electron chi connectivity index (χ0n) is 7.93. The van der Waals surface area contributed by atoms with Gasteiger partial charge < -0.3 is 5.11 Å². The number of halogens is 3. The van der Waals surface area contributed by atoms with Gasteiger partial charge in [0.05, 0.1) is 10.4 Å². The molecule has 82 valence electrons. The van der Waals surface area contributed by atoms with Crippen LogP contribution in [0.2, 0.25) is 0 Å². The minimum Gasteiger partial charge on any atom is -0.481 e. The van der Waals surface area contributed by atoms with Gasteiger partial charge in [0.25, 0.3) is 0 Å². The van der Waals surface area contributed by atoms with Crippen LogP contribution in [0, 0.1) is 17.6 Å². The first-order valence-corrected chi connectivity index (χ1v) is 5.08. The summed E-state index contributed by atoms with van der Waals surface area (Å²) in [6.07, 6.45) is -0.0225. The standard InChI is InChI=1S/C10H9BrF2O2/c1-5(10(14)15)4-6-2-3-7(11)9(13)8(6)12/h2-3,5H,4H2,1H3,(H,14,15). The number of carbonyl (C=O) groups is 1. The summed E-state index contributed by atoms with van der Waals surface area (Å²) in [5.41, 5.74) is 0.0746. The van der Waals surface area contributed by atoms with E-state index < -0.39 is 23.5 Å². The maximum absolute atomic E-state index is 13.3. The molecule has 0 spiro atoms. The molecule has 1 rings (SSSR count). The van der Waals surface area contributed by atoms with E-state index in [-0.39, 0.29) is 16.5 Å². The van der Waals surface area contributed by atoms with Crippen LogP contribution in [-0.2, 0) is 11.2 Å². The second kappa shape index (κ2) is 4.70. The van der Waals surface area contributed by atoms with Gasteiger partial charge in [0.1, 0.15) is 0 Å². The molecule has 0 aliphatic rings. The van der Waals surface area contributed by atoms with Gasteiger partial charge in [-0.05, 0) is 34.0 Å². The zero-order valence-corrected chi connectivity index (χ0v) is 9.51. The first-order valence-electron chi connectivity index (χ1n) is 4.28. The monoisotopic (exact) mass is 278 g/mol. The summed E-state index contributed by atoms with van der Waals surface area (Å²) in [6.45, 7) is 1.45. The van der Waals surface area contributed by atoms with Crippen LogP contribution in [0.3, 0.4) is 0 Å². The number of carboxylic acid groups (broad SMARTS) is 1. The lowest BCUT2D eigenvalue weighted by molar-refractivity contribution is -0.141. The third-order valence-electron chi connectivity index (χ3n) is 2.06. The molecule has 1 aromatic rings. The quantitative estimate of drug-likeness (QED) is 0.863. The van der Waals surface area contributed by atoms with Crippen molar-refractivity contribution < 1.29 is 18.7 Å². The summed E-state index contributed by atoms with van der Waals surface area (Å²) in [7, 11) is 0. The van der Waals surface area contributed by atoms with Gasteiger partial charge in [0, 0.05) is 0 Å². The largest absolute Gasteiger partial charge is 0.481 e. The summed E-state index contributed by atoms with van der Waals surface area (Å²) in [5, 5.41) is 8.63. The Morgan fingerprint density at radius 1 is 1.47 bits per heavy atom. The number of aliphatic carboxylic acids is 1. The maximum Gasteiger partial charge on any atom is 0.306 e. The Kier molecular flexibility index (Phi) is 3.79. The Balaban J connectivity index is 2.97. The fraction of sp³-hybridized carbons (Fsp3) is 0.300. The van der Waals surface area contributed by atoms with Gasteiger partial charge in [-0.3, -0.25) is 4.79 Å². The average Bonchev–Trinajstić information content (AvgIpc) is 2.18. The Morgan fingerprint density at radius 2 is 2.07 bits per heavy atom. The van der Waals surface area contributed by atoms with E-state index in [4.69, 9.17) is 5.11 Å². The Hall–Kier alpha value is -0.970. The van der Waals surface area contributed by atoms with Crippen LogP contribution in [0.25, 0.3) is 0 Å². The van der Waals surface area contributed by atoms with Gasteiger partial charge >= 0.3 is 5.97 Å². The molecule has 2 nitrogen and oxygen atoms in total. The van der Waals surface area contributed by atoms with Gasteiger partial charge in [-0.1, -0.05) is 13.0 Å². The molecule has 1 N–H and O–H groups in total. The van der Waals surface area contributed by atoms with Crippen molar-refractivity contribution in [1.29, 1.82) is 0 Å². The molecule has 5 heteroatoms. The molecular formula is C10H9BrF2O2. The Morgan fingerprint density at radius 3 is 2.60 bits per heavy atom. The van der Waals surface area contributed by atoms with Gasteiger partial charge in [0.2, 0.25) is 0 Å². The van der Waals surface area contributed by atoms with Crippen LogP contribution in [0.15, 0.2) is 16.6 Å². The fourth-order valence-electron chi connectivity index (χ4n) is 1.14. The predicted octanol–water partition coefficient (Wildman–Crippen LogP) is 2.99. The van der Waals surface area contributed by atoms with Crippen LogP contribution in [0.1, 0.15) is 12.5 Å². The lowest BCUT2D eigenvalue weighted by Gasteiger charge is -2.08. The van der Waals surface area contributed by atoms with Crippen LogP contribution < -0.4 is 0 Å². The van der Waals surface area contributed by atoms with Crippen molar-refractivity contribution in [3.05, 3.63) is 33.8 Å². The van der Waals surface area contributed by atoms with E-state index >= 15 is 0 Å². The summed E-state index contributed by atoms with van der Waals surface area (Å²) >= 11 is 2.84. The molecular weight excluding hydrogens is 270 g/mol. The molecule has 1 aromatic carbocycles. The maximum atomic E-state index is 13.3. The molecule has 0 bridgehead atoms. The van der Waals surface area contributed by atoms with Crippen LogP contribution in [-0.4, -0.2) is 11.1 Å². The van der Waals surface area contributed by atoms with E-state index in [2.05, 4.69) is 15.9 Å². The van der Waals surface area contributed by atoms with Crippen molar-refractivity contribution in [3.8, 4) is 0 Å². The normalized spacial score (nSPS) is 12.5. The first kappa shape index (κ1) is 12.1. The van der Waals surface area contributed by atoms with Crippen molar-refractivity contribution >= 4 is 21.9 Å². The Bertz CT molecular complexity index is 393. The number of hydrogen-bond donors (Lipinski definition) is 1. The van der Waals surface area contributed by atoms with Gasteiger partial charge in [-0.25, -0.2) is 8.78 Å². The summed E-state index contributed by atoms with van der Waals surface area (Å²) in [5.74, 6) is -3.74. The van der Waals surface area contributed by atoms with Crippen LogP contribution >= 0.6 is 15.9 Å². The lowest BCUT2D eigenvalue weighted by Crippen LogP contribution is -2.13. The van der Waals surface area contributed by atoms with E-state index in [0.29, 0.717) is 0 Å². The Labute approximate surface area is 94.0 Å². The smallest absolute Gasteiger partial charge is 0.306 e. The molecule has 0 amide bonds. The molecule has 0 saturated carbocycles. The molecule has 15 heavy (non-hydrogen) atoms. The highest BCUT2D eigenvalue weighted by Gasteiger charge is 2.17. The molecule has 0 aromatic heterocycles. The third kappa shape index (κ3) is 2.75. The molecule has 0 fully saturated rings. The highest BCUT2D eigenvalue weighted by atomic mass is 79.9. The number of hydrogen-bond acceptors (Lipinski definition) is 1. The molecule has 0 aliphatic heterocycles. The summed E-state index contributed by atoms with van der Waals surface area (Å²) in [4.78, 5) is 10.5. The predicted molar refractivity (Wildman–Crippen MR) is 54.6 cm³/mol. The van der Waals surface area contributed by atoms with Crippen molar-refractivity contribution in [1.82, 2.24) is 0 Å². The van der Waals surface area contributed by atoms with Gasteiger partial charge in [-0.15, -0.1) is 0 Å². The van der Waals surface area contributed by atoms with E-state index in [0.717, 1.165) is 0 Å². The third-order valence-corrected chi connectivity index (χ3v) is 2.68. The van der Waals surface area contributed by atoms with Gasteiger partial charge in [0.15, 0.2) is 11.6 Å². The van der Waals surface area contributed by atoms with Crippen molar-refractivity contribution in [2.24, 2.45) is 5.92 Å². The molecule has 0 radical (unpaired) electrons. The minimum atomic E-state index is -1.03. The van der Waals surface area contributed by atoms with E-state index in [1.165, 1.54) is 19.1 Å². The van der Waals surface area contributed by atoms with E-state index in [9.17, 15) is 13.6 Å². The molecule has 0 heterocycles. The minimum absolute atomic E-state index is 0.0225. The van der Waals surface area contributed by atoms with Crippen molar-refractivity contribution in [2.45, 2.75) is 13.3 Å². The van der Waals surface area contributed by atoms with Crippen molar-refractivity contribution in [3.63, 3.8) is 0 Å². The highest BCUT2D eigenvalue weighted by Crippen LogP contribution is 2.22. The van der Waals surface area contributed by atoms with Crippen LogP contribution in [0.5, 0.6) is 0 Å². The van der Waals surface area contributed by atoms with Crippen molar-refractivity contribution in [2.75, 3.05) is 0 Å². The molecule has 1 unspecified atom stereocenters. The molecule has 0 aliphatic carbocycles. The number of rotatable bonds is 3. The second-order valence-electron chi connectivity index (χ2n) is 3.28. The lowest BCUT2D eigenvalue weighted by atomic mass is 10.0. The van der Waals surface area contributed by atoms with Gasteiger partial charge in [-0.2, -0.15) is 0 Å². The highest BCUT2D eigenvalue weighted by molar-refractivity contribution is 9.10. The topological polar surface area (TPSA) is 37.3 Å². The SMILES string of the molecule is CC(Cc1ccc(Br)c(F)c1F)C(=O)O. The fourth-order valence-corrected chi connectivity index (χ4v) is 1.45. The average molecular weight is 279 g/mol. The molecule has 0 saturated heterocycles. The number of carboxylic acids is 1. The van der Waals surface area contributed by atoms with E-state index in [1.54, 1.807) is 0 Å². The summed E-state index contributed by atoms with van der Waals surface area (Å²) in [6, 6.07) is 2.74. The molecule has 1 atom stereocenters. The number of benzene rings is 1. The van der Waals surface area contributed by atoms with E-state index in [1.807, 2.05) is 0 Å². The van der Waals surface area contributed by atoms with Crippen LogP contribution in [0.4, 0.5) is 8.78 Å². The first-order chi connectivity index (χ1) is 6.93. The summed E-state index contributed by atoms with van der Waals surface area (Å²) < 4.78 is 26.4. The second-order valence-corrected chi connectivity index (χ2v) is 4.13.